The Morgan fingerprint density at radius 2 is 1.06 bits per heavy atom. The van der Waals surface area contributed by atoms with Crippen molar-refractivity contribution in [3.63, 3.8) is 0 Å². The highest BCUT2D eigenvalue weighted by atomic mass is 14.1. The normalized spacial score (nSPS) is 12.3. The van der Waals surface area contributed by atoms with Crippen molar-refractivity contribution in [1.82, 2.24) is 0 Å². The van der Waals surface area contributed by atoms with E-state index in [9.17, 15) is 0 Å². The lowest BCUT2D eigenvalue weighted by Crippen LogP contribution is -1.94. The minimum atomic E-state index is 0. The summed E-state index contributed by atoms with van der Waals surface area (Å²) in [5, 5.41) is 0. The monoisotopic (exact) mass is 226 g/mol. The summed E-state index contributed by atoms with van der Waals surface area (Å²) in [7, 11) is 0. The van der Waals surface area contributed by atoms with Crippen LogP contribution >= 0.6 is 0 Å². The van der Waals surface area contributed by atoms with Crippen molar-refractivity contribution in [2.45, 2.75) is 67.7 Å². The number of rotatable bonds is 0. The minimum Gasteiger partial charge on any atom is -0.103 e. The maximum absolute atomic E-state index is 3.90. The van der Waals surface area contributed by atoms with Crippen LogP contribution in [0, 0.1) is 0 Å². The average molecular weight is 226 g/mol. The van der Waals surface area contributed by atoms with Crippen LogP contribution in [0.25, 0.3) is 0 Å². The van der Waals surface area contributed by atoms with Crippen molar-refractivity contribution >= 4 is 0 Å². The lowest BCUT2D eigenvalue weighted by atomic mass is 9.92. The predicted octanol–water partition coefficient (Wildman–Crippen LogP) is 6.55. The summed E-state index contributed by atoms with van der Waals surface area (Å²) in [4.78, 5) is 0. The second-order valence-corrected chi connectivity index (χ2v) is 2.82. The SMILES string of the molecule is C.C=C1CCCCC1=C.C=CC.CC.CC. The van der Waals surface area contributed by atoms with Gasteiger partial charge in [0, 0.05) is 0 Å². The van der Waals surface area contributed by atoms with E-state index in [1.165, 1.54) is 36.8 Å². The largest absolute Gasteiger partial charge is 0.103 e. The third-order valence-electron chi connectivity index (χ3n) is 1.71. The molecule has 0 heterocycles. The van der Waals surface area contributed by atoms with Gasteiger partial charge in [0.1, 0.15) is 0 Å². The third-order valence-corrected chi connectivity index (χ3v) is 1.71. The van der Waals surface area contributed by atoms with Crippen LogP contribution in [0.3, 0.4) is 0 Å². The summed E-state index contributed by atoms with van der Waals surface area (Å²) in [5.41, 5.74) is 2.55. The zero-order chi connectivity index (χ0) is 12.7. The second-order valence-electron chi connectivity index (χ2n) is 2.82. The highest BCUT2D eigenvalue weighted by Gasteiger charge is 2.05. The first kappa shape index (κ1) is 24.4. The molecule has 0 nitrogen and oxygen atoms in total. The van der Waals surface area contributed by atoms with Gasteiger partial charge in [-0.25, -0.2) is 0 Å². The Kier molecular flexibility index (Phi) is 36.4. The van der Waals surface area contributed by atoms with E-state index < -0.39 is 0 Å². The van der Waals surface area contributed by atoms with E-state index in [0.717, 1.165) is 0 Å². The van der Waals surface area contributed by atoms with Gasteiger partial charge >= 0.3 is 0 Å². The smallest absolute Gasteiger partial charge is 0.0282 e. The van der Waals surface area contributed by atoms with E-state index in [0.29, 0.717) is 0 Å². The summed E-state index contributed by atoms with van der Waals surface area (Å²) in [6.45, 7) is 21.0. The van der Waals surface area contributed by atoms with Crippen molar-refractivity contribution in [2.75, 3.05) is 0 Å². The molecule has 16 heavy (non-hydrogen) atoms. The summed E-state index contributed by atoms with van der Waals surface area (Å²) in [6.07, 6.45) is 6.74. The highest BCUT2D eigenvalue weighted by molar-refractivity contribution is 5.26. The molecular formula is C16H34. The quantitative estimate of drug-likeness (QED) is 0.411. The molecule has 98 valence electrons. The molecule has 1 aliphatic carbocycles. The Bertz CT molecular complexity index is 135. The fraction of sp³-hybridized carbons (Fsp3) is 0.625. The van der Waals surface area contributed by atoms with Crippen molar-refractivity contribution in [2.24, 2.45) is 0 Å². The maximum atomic E-state index is 3.90. The van der Waals surface area contributed by atoms with E-state index in [1.54, 1.807) is 6.08 Å². The molecule has 0 heteroatoms. The minimum absolute atomic E-state index is 0. The molecule has 0 N–H and O–H groups in total. The van der Waals surface area contributed by atoms with Gasteiger partial charge in [-0.05, 0) is 32.6 Å². The van der Waals surface area contributed by atoms with Gasteiger partial charge in [-0.3, -0.25) is 0 Å². The van der Waals surface area contributed by atoms with Crippen molar-refractivity contribution in [1.29, 1.82) is 0 Å². The van der Waals surface area contributed by atoms with Crippen LogP contribution < -0.4 is 0 Å². The molecule has 0 aromatic heterocycles. The van der Waals surface area contributed by atoms with Gasteiger partial charge in [0.05, 0.1) is 0 Å². The zero-order valence-electron chi connectivity index (χ0n) is 11.5. The van der Waals surface area contributed by atoms with Gasteiger partial charge in [0.15, 0.2) is 0 Å². The van der Waals surface area contributed by atoms with Crippen LogP contribution in [0.15, 0.2) is 37.0 Å². The first-order valence-corrected chi connectivity index (χ1v) is 6.15. The number of allylic oxidation sites excluding steroid dienone is 3. The molecule has 1 fully saturated rings. The molecule has 1 aliphatic rings. The van der Waals surface area contributed by atoms with E-state index in [-0.39, 0.29) is 7.43 Å². The third kappa shape index (κ3) is 18.9. The Balaban J connectivity index is -0.0000000778. The van der Waals surface area contributed by atoms with Gasteiger partial charge in [-0.1, -0.05) is 65.5 Å². The Morgan fingerprint density at radius 3 is 1.19 bits per heavy atom. The van der Waals surface area contributed by atoms with Crippen LogP contribution in [0.4, 0.5) is 0 Å². The molecule has 0 aromatic rings. The zero-order valence-corrected chi connectivity index (χ0v) is 11.5. The number of hydrogen-bond acceptors (Lipinski definition) is 0. The average Bonchev–Trinajstić information content (AvgIpc) is 2.29. The molecule has 1 rings (SSSR count). The van der Waals surface area contributed by atoms with Crippen molar-refractivity contribution in [3.8, 4) is 0 Å². The molecule has 0 atom stereocenters. The molecule has 0 spiro atoms. The molecule has 0 bridgehead atoms. The van der Waals surface area contributed by atoms with Crippen LogP contribution in [0.1, 0.15) is 67.7 Å². The lowest BCUT2D eigenvalue weighted by molar-refractivity contribution is 0.682. The fourth-order valence-electron chi connectivity index (χ4n) is 1.03. The summed E-state index contributed by atoms with van der Waals surface area (Å²) in [6, 6.07) is 0. The molecule has 0 radical (unpaired) electrons. The van der Waals surface area contributed by atoms with Crippen LogP contribution in [-0.2, 0) is 0 Å². The van der Waals surface area contributed by atoms with E-state index in [4.69, 9.17) is 0 Å². The molecule has 0 saturated heterocycles. The standard InChI is InChI=1S/C8H12.C3H6.2C2H6.CH4/c1-7-5-3-4-6-8(7)2;1-3-2;2*1-2;/h1-6H2;3H,1H2,2H3;2*1-2H3;1H4. The van der Waals surface area contributed by atoms with Gasteiger partial charge in [0.2, 0.25) is 0 Å². The first-order valence-electron chi connectivity index (χ1n) is 6.15. The number of hydrogen-bond donors (Lipinski definition) is 0. The lowest BCUT2D eigenvalue weighted by Gasteiger charge is -2.14. The predicted molar refractivity (Wildman–Crippen MR) is 82.0 cm³/mol. The summed E-state index contributed by atoms with van der Waals surface area (Å²) >= 11 is 0. The first-order chi connectivity index (χ1) is 7.22. The van der Waals surface area contributed by atoms with Gasteiger partial charge in [-0.2, -0.15) is 0 Å². The topological polar surface area (TPSA) is 0 Å². The molecular weight excluding hydrogens is 192 g/mol. The Labute approximate surface area is 105 Å². The molecule has 0 amide bonds. The van der Waals surface area contributed by atoms with Crippen molar-refractivity contribution < 1.29 is 0 Å². The molecule has 0 aromatic carbocycles. The van der Waals surface area contributed by atoms with Crippen molar-refractivity contribution in [3.05, 3.63) is 37.0 Å². The Hall–Kier alpha value is -0.780. The Morgan fingerprint density at radius 1 is 0.875 bits per heavy atom. The van der Waals surface area contributed by atoms with Gasteiger partial charge in [0.25, 0.3) is 0 Å². The van der Waals surface area contributed by atoms with Crippen LogP contribution in [0.5, 0.6) is 0 Å². The molecule has 0 aliphatic heterocycles. The highest BCUT2D eigenvalue weighted by Crippen LogP contribution is 2.24. The van der Waals surface area contributed by atoms with Crippen LogP contribution in [0.2, 0.25) is 0 Å². The maximum Gasteiger partial charge on any atom is -0.0282 e. The second kappa shape index (κ2) is 23.8. The van der Waals surface area contributed by atoms with Gasteiger partial charge < -0.3 is 0 Å². The molecule has 1 saturated carbocycles. The van der Waals surface area contributed by atoms with Gasteiger partial charge in [-0.15, -0.1) is 6.58 Å². The molecule has 0 unspecified atom stereocenters. The van der Waals surface area contributed by atoms with E-state index in [1.807, 2.05) is 34.6 Å². The summed E-state index contributed by atoms with van der Waals surface area (Å²) < 4.78 is 0. The fourth-order valence-corrected chi connectivity index (χ4v) is 1.03. The van der Waals surface area contributed by atoms with E-state index >= 15 is 0 Å². The van der Waals surface area contributed by atoms with E-state index in [2.05, 4.69) is 19.7 Å². The summed E-state index contributed by atoms with van der Waals surface area (Å²) in [5.74, 6) is 0. The van der Waals surface area contributed by atoms with Crippen LogP contribution in [-0.4, -0.2) is 0 Å².